The molecule has 0 fully saturated rings. The monoisotopic (exact) mass is 219 g/mol. The summed E-state index contributed by atoms with van der Waals surface area (Å²) in [7, 11) is 1.60. The van der Waals surface area contributed by atoms with Crippen LogP contribution in [0.5, 0.6) is 0 Å². The summed E-state index contributed by atoms with van der Waals surface area (Å²) in [6.45, 7) is 1.76. The summed E-state index contributed by atoms with van der Waals surface area (Å²) in [5, 5.41) is 0. The molecule has 1 amide bonds. The molecule has 1 rings (SSSR count). The molecule has 0 radical (unpaired) electrons. The molecule has 16 heavy (non-hydrogen) atoms. The van der Waals surface area contributed by atoms with Crippen LogP contribution in [0.4, 0.5) is 0 Å². The number of nitrogens with two attached hydrogens (primary N) is 1. The Kier molecular flexibility index (Phi) is 4.58. The second kappa shape index (κ2) is 5.95. The molecule has 1 atom stereocenters. The van der Waals surface area contributed by atoms with Gasteiger partial charge in [-0.3, -0.25) is 4.79 Å². The van der Waals surface area contributed by atoms with Crippen molar-refractivity contribution in [2.24, 2.45) is 11.7 Å². The molecule has 3 heteroatoms. The summed E-state index contributed by atoms with van der Waals surface area (Å²) >= 11 is 0. The molecule has 1 aromatic carbocycles. The van der Waals surface area contributed by atoms with E-state index in [1.165, 1.54) is 0 Å². The van der Waals surface area contributed by atoms with Gasteiger partial charge in [-0.2, -0.15) is 0 Å². The number of allylic oxidation sites excluding steroid dienone is 1. The fourth-order valence-corrected chi connectivity index (χ4v) is 1.36. The van der Waals surface area contributed by atoms with Crippen LogP contribution in [0, 0.1) is 5.92 Å². The maximum atomic E-state index is 10.9. The van der Waals surface area contributed by atoms with Crippen LogP contribution in [-0.2, 0) is 16.0 Å². The van der Waals surface area contributed by atoms with Crippen molar-refractivity contribution in [2.45, 2.75) is 13.3 Å². The highest BCUT2D eigenvalue weighted by Crippen LogP contribution is 2.11. The van der Waals surface area contributed by atoms with Gasteiger partial charge in [0, 0.05) is 6.42 Å². The zero-order valence-corrected chi connectivity index (χ0v) is 9.64. The fourth-order valence-electron chi connectivity index (χ4n) is 1.36. The summed E-state index contributed by atoms with van der Waals surface area (Å²) in [6.07, 6.45) is 2.43. The molecule has 0 spiro atoms. The van der Waals surface area contributed by atoms with E-state index in [-0.39, 0.29) is 11.8 Å². The maximum Gasteiger partial charge on any atom is 0.224 e. The lowest BCUT2D eigenvalue weighted by Gasteiger charge is -2.08. The predicted octanol–water partition coefficient (Wildman–Crippen LogP) is 1.88. The molecule has 0 aliphatic rings. The van der Waals surface area contributed by atoms with Crippen molar-refractivity contribution in [3.05, 3.63) is 47.7 Å². The van der Waals surface area contributed by atoms with Gasteiger partial charge in [0.05, 0.1) is 18.8 Å². The zero-order valence-electron chi connectivity index (χ0n) is 9.64. The van der Waals surface area contributed by atoms with E-state index in [1.54, 1.807) is 20.1 Å². The molecular weight excluding hydrogens is 202 g/mol. The Morgan fingerprint density at radius 1 is 1.44 bits per heavy atom. The molecule has 0 heterocycles. The van der Waals surface area contributed by atoms with Crippen molar-refractivity contribution in [1.82, 2.24) is 0 Å². The Balaban J connectivity index is 2.73. The van der Waals surface area contributed by atoms with Crippen LogP contribution in [0.2, 0.25) is 0 Å². The number of methoxy groups -OCH3 is 1. The van der Waals surface area contributed by atoms with Crippen LogP contribution < -0.4 is 5.73 Å². The minimum Gasteiger partial charge on any atom is -0.501 e. The molecule has 1 unspecified atom stereocenters. The summed E-state index contributed by atoms with van der Waals surface area (Å²) in [6, 6.07) is 9.94. The van der Waals surface area contributed by atoms with Crippen LogP contribution >= 0.6 is 0 Å². The molecule has 0 aliphatic heterocycles. The Morgan fingerprint density at radius 3 is 2.56 bits per heavy atom. The largest absolute Gasteiger partial charge is 0.501 e. The Labute approximate surface area is 95.9 Å². The molecule has 0 saturated heterocycles. The number of primary amides is 1. The second-order valence-electron chi connectivity index (χ2n) is 3.69. The van der Waals surface area contributed by atoms with Crippen LogP contribution in [0.3, 0.4) is 0 Å². The minimum atomic E-state index is -0.345. The number of carbonyl (C=O) groups excluding carboxylic acids is 1. The third-order valence-electron chi connectivity index (χ3n) is 2.37. The van der Waals surface area contributed by atoms with Gasteiger partial charge in [0.2, 0.25) is 5.91 Å². The minimum absolute atomic E-state index is 0.307. The normalized spacial score (nSPS) is 13.2. The quantitative estimate of drug-likeness (QED) is 0.769. The van der Waals surface area contributed by atoms with Gasteiger partial charge in [-0.05, 0) is 18.6 Å². The van der Waals surface area contributed by atoms with Crippen LogP contribution in [-0.4, -0.2) is 13.0 Å². The number of hydrogen-bond acceptors (Lipinski definition) is 2. The van der Waals surface area contributed by atoms with Crippen molar-refractivity contribution >= 4 is 5.91 Å². The first-order chi connectivity index (χ1) is 7.63. The predicted molar refractivity (Wildman–Crippen MR) is 63.6 cm³/mol. The van der Waals surface area contributed by atoms with Crippen LogP contribution in [0.1, 0.15) is 12.5 Å². The molecule has 0 bridgehead atoms. The van der Waals surface area contributed by atoms with Gasteiger partial charge in [0.25, 0.3) is 0 Å². The average molecular weight is 219 g/mol. The molecular formula is C13H17NO2. The highest BCUT2D eigenvalue weighted by molar-refractivity contribution is 5.78. The summed E-state index contributed by atoms with van der Waals surface area (Å²) in [5.41, 5.74) is 6.34. The molecule has 1 aromatic rings. The van der Waals surface area contributed by atoms with Crippen molar-refractivity contribution in [3.63, 3.8) is 0 Å². The Bertz CT molecular complexity index is 371. The number of benzene rings is 1. The first kappa shape index (κ1) is 12.3. The lowest BCUT2D eigenvalue weighted by Crippen LogP contribution is -2.19. The molecule has 3 nitrogen and oxygen atoms in total. The molecule has 0 aliphatic carbocycles. The van der Waals surface area contributed by atoms with E-state index in [0.717, 1.165) is 11.3 Å². The van der Waals surface area contributed by atoms with E-state index < -0.39 is 0 Å². The first-order valence-electron chi connectivity index (χ1n) is 5.21. The average Bonchev–Trinajstić information content (AvgIpc) is 2.29. The number of rotatable bonds is 5. The van der Waals surface area contributed by atoms with Crippen LogP contribution in [0.15, 0.2) is 42.2 Å². The van der Waals surface area contributed by atoms with E-state index in [9.17, 15) is 4.79 Å². The van der Waals surface area contributed by atoms with Crippen molar-refractivity contribution in [2.75, 3.05) is 7.11 Å². The third-order valence-corrected chi connectivity index (χ3v) is 2.37. The van der Waals surface area contributed by atoms with Gasteiger partial charge in [-0.15, -0.1) is 0 Å². The zero-order chi connectivity index (χ0) is 12.0. The van der Waals surface area contributed by atoms with Gasteiger partial charge < -0.3 is 10.5 Å². The van der Waals surface area contributed by atoms with Crippen molar-refractivity contribution < 1.29 is 9.53 Å². The Hall–Kier alpha value is -1.77. The summed E-state index contributed by atoms with van der Waals surface area (Å²) in [5.74, 6) is 0.110. The molecule has 2 N–H and O–H groups in total. The molecule has 0 saturated carbocycles. The first-order valence-corrected chi connectivity index (χ1v) is 5.21. The highest BCUT2D eigenvalue weighted by atomic mass is 16.5. The number of carbonyl (C=O) groups is 1. The maximum absolute atomic E-state index is 10.9. The number of amides is 1. The number of hydrogen-bond donors (Lipinski definition) is 1. The van der Waals surface area contributed by atoms with Gasteiger partial charge >= 0.3 is 0 Å². The van der Waals surface area contributed by atoms with E-state index in [0.29, 0.717) is 6.42 Å². The fraction of sp³-hybridized carbons (Fsp3) is 0.308. The molecule has 0 aromatic heterocycles. The number of ether oxygens (including phenoxy) is 1. The van der Waals surface area contributed by atoms with Gasteiger partial charge in [0.1, 0.15) is 0 Å². The van der Waals surface area contributed by atoms with Crippen LogP contribution in [0.25, 0.3) is 0 Å². The highest BCUT2D eigenvalue weighted by Gasteiger charge is 2.08. The third kappa shape index (κ3) is 3.77. The lowest BCUT2D eigenvalue weighted by molar-refractivity contribution is -0.120. The van der Waals surface area contributed by atoms with Gasteiger partial charge in [0.15, 0.2) is 0 Å². The lowest BCUT2D eigenvalue weighted by atomic mass is 10.1. The van der Waals surface area contributed by atoms with E-state index in [2.05, 4.69) is 0 Å². The summed E-state index contributed by atoms with van der Waals surface area (Å²) in [4.78, 5) is 10.9. The van der Waals surface area contributed by atoms with E-state index in [4.69, 9.17) is 10.5 Å². The molecule has 86 valence electrons. The standard InChI is InChI=1S/C13H17NO2/c1-10(13(14)15)8-12(16-2)9-11-6-4-3-5-7-11/h3-8,10H,9H2,1-2H3,(H2,14,15)/b12-8-. The SMILES string of the molecule is CO/C(=C\C(C)C(N)=O)Cc1ccccc1. The second-order valence-corrected chi connectivity index (χ2v) is 3.69. The van der Waals surface area contributed by atoms with E-state index >= 15 is 0 Å². The van der Waals surface area contributed by atoms with E-state index in [1.807, 2.05) is 30.3 Å². The summed E-state index contributed by atoms with van der Waals surface area (Å²) < 4.78 is 5.23. The van der Waals surface area contributed by atoms with Gasteiger partial charge in [-0.25, -0.2) is 0 Å². The topological polar surface area (TPSA) is 52.3 Å². The van der Waals surface area contributed by atoms with Crippen molar-refractivity contribution in [3.8, 4) is 0 Å². The van der Waals surface area contributed by atoms with Gasteiger partial charge in [-0.1, -0.05) is 30.3 Å². The Morgan fingerprint density at radius 2 is 2.06 bits per heavy atom. The van der Waals surface area contributed by atoms with Crippen molar-refractivity contribution in [1.29, 1.82) is 0 Å². The smallest absolute Gasteiger partial charge is 0.224 e.